The number of halogens is 2. The second-order valence-corrected chi connectivity index (χ2v) is 7.74. The zero-order valence-corrected chi connectivity index (χ0v) is 15.2. The molecule has 0 aliphatic heterocycles. The predicted octanol–water partition coefficient (Wildman–Crippen LogP) is 4.87. The smallest absolute Gasteiger partial charge is 0.282 e. The molecule has 4 rings (SSSR count). The molecule has 1 amide bonds. The molecule has 2 aromatic rings. The minimum atomic E-state index is -2.78. The number of amides is 1. The molecule has 0 radical (unpaired) electrons. The van der Waals surface area contributed by atoms with Crippen LogP contribution in [0, 0.1) is 11.8 Å². The number of hydrogen-bond acceptors (Lipinski definition) is 2. The summed E-state index contributed by atoms with van der Waals surface area (Å²) in [5.41, 5.74) is 2.85. The van der Waals surface area contributed by atoms with Crippen molar-refractivity contribution in [1.29, 1.82) is 0 Å². The van der Waals surface area contributed by atoms with Crippen molar-refractivity contribution in [2.24, 2.45) is 11.8 Å². The van der Waals surface area contributed by atoms with Crippen LogP contribution in [0.15, 0.2) is 24.4 Å². The van der Waals surface area contributed by atoms with Crippen molar-refractivity contribution < 1.29 is 13.6 Å². The van der Waals surface area contributed by atoms with E-state index in [0.29, 0.717) is 23.7 Å². The number of H-pyrrole nitrogens is 1. The standard InChI is InChI=1S/C20H23F2N3O/c1-10(2)16-12-7-8-13(16)17-11(12)5-4-6-15(17)25(3)20(26)14-9-23-24-18(14)19(21)22/h4-6,9-10,12-13,16,19H,7-8H2,1-3H3,(H,23,24). The maximum absolute atomic E-state index is 13.1. The molecule has 1 heterocycles. The molecule has 1 aromatic carbocycles. The van der Waals surface area contributed by atoms with Gasteiger partial charge in [0, 0.05) is 18.9 Å². The van der Waals surface area contributed by atoms with Crippen LogP contribution in [-0.4, -0.2) is 23.2 Å². The summed E-state index contributed by atoms with van der Waals surface area (Å²) in [5.74, 6) is 1.71. The van der Waals surface area contributed by atoms with Crippen molar-refractivity contribution in [3.63, 3.8) is 0 Å². The molecule has 3 atom stereocenters. The van der Waals surface area contributed by atoms with Gasteiger partial charge in [-0.25, -0.2) is 8.78 Å². The topological polar surface area (TPSA) is 49.0 Å². The number of carbonyl (C=O) groups excluding carboxylic acids is 1. The Morgan fingerprint density at radius 2 is 2.00 bits per heavy atom. The summed E-state index contributed by atoms with van der Waals surface area (Å²) in [6, 6.07) is 6.06. The lowest BCUT2D eigenvalue weighted by atomic mass is 9.84. The van der Waals surface area contributed by atoms with Crippen LogP contribution in [-0.2, 0) is 0 Å². The van der Waals surface area contributed by atoms with Crippen molar-refractivity contribution in [2.75, 3.05) is 11.9 Å². The number of nitrogens with one attached hydrogen (secondary N) is 1. The fraction of sp³-hybridized carbons (Fsp3) is 0.500. The molecule has 1 fully saturated rings. The van der Waals surface area contributed by atoms with E-state index in [1.54, 1.807) is 7.05 Å². The second kappa shape index (κ2) is 6.18. The van der Waals surface area contributed by atoms with Crippen LogP contribution >= 0.6 is 0 Å². The Labute approximate surface area is 151 Å². The lowest BCUT2D eigenvalue weighted by Crippen LogP contribution is -2.28. The van der Waals surface area contributed by atoms with Gasteiger partial charge in [-0.05, 0) is 53.7 Å². The number of alkyl halides is 2. The second-order valence-electron chi connectivity index (χ2n) is 7.74. The van der Waals surface area contributed by atoms with E-state index in [9.17, 15) is 13.6 Å². The number of aromatic nitrogens is 2. The molecule has 2 aliphatic carbocycles. The largest absolute Gasteiger partial charge is 0.311 e. The van der Waals surface area contributed by atoms with E-state index in [1.807, 2.05) is 12.1 Å². The van der Waals surface area contributed by atoms with Gasteiger partial charge >= 0.3 is 0 Å². The maximum Gasteiger partial charge on any atom is 0.282 e. The quantitative estimate of drug-likeness (QED) is 0.846. The van der Waals surface area contributed by atoms with E-state index in [-0.39, 0.29) is 5.56 Å². The van der Waals surface area contributed by atoms with E-state index in [1.165, 1.54) is 28.6 Å². The van der Waals surface area contributed by atoms with Crippen LogP contribution in [0.5, 0.6) is 0 Å². The van der Waals surface area contributed by atoms with Crippen molar-refractivity contribution in [3.05, 3.63) is 46.8 Å². The molecule has 2 bridgehead atoms. The molecule has 26 heavy (non-hydrogen) atoms. The third-order valence-corrected chi connectivity index (χ3v) is 6.15. The number of rotatable bonds is 4. The minimum absolute atomic E-state index is 0.0660. The first kappa shape index (κ1) is 17.2. The van der Waals surface area contributed by atoms with Gasteiger partial charge in [0.15, 0.2) is 0 Å². The summed E-state index contributed by atoms with van der Waals surface area (Å²) >= 11 is 0. The first-order valence-electron chi connectivity index (χ1n) is 9.14. The highest BCUT2D eigenvalue weighted by molar-refractivity contribution is 6.07. The van der Waals surface area contributed by atoms with Crippen LogP contribution in [0.1, 0.15) is 72.1 Å². The van der Waals surface area contributed by atoms with Gasteiger partial charge in [-0.2, -0.15) is 5.10 Å². The highest BCUT2D eigenvalue weighted by Crippen LogP contribution is 2.61. The molecule has 1 saturated carbocycles. The average Bonchev–Trinajstić information content (AvgIpc) is 3.33. The number of hydrogen-bond donors (Lipinski definition) is 1. The highest BCUT2D eigenvalue weighted by Gasteiger charge is 2.48. The Bertz CT molecular complexity index is 845. The van der Waals surface area contributed by atoms with Gasteiger partial charge in [0.1, 0.15) is 5.69 Å². The number of aromatic amines is 1. The Morgan fingerprint density at radius 3 is 2.69 bits per heavy atom. The number of carbonyl (C=O) groups is 1. The lowest BCUT2D eigenvalue weighted by molar-refractivity contribution is 0.0977. The maximum atomic E-state index is 13.1. The van der Waals surface area contributed by atoms with Crippen molar-refractivity contribution in [2.45, 2.75) is 45.0 Å². The van der Waals surface area contributed by atoms with Crippen molar-refractivity contribution >= 4 is 11.6 Å². The fourth-order valence-electron chi connectivity index (χ4n) is 5.17. The van der Waals surface area contributed by atoms with Crippen LogP contribution < -0.4 is 4.90 Å². The number of fused-ring (bicyclic) bond motifs is 5. The Balaban J connectivity index is 1.73. The van der Waals surface area contributed by atoms with E-state index in [4.69, 9.17) is 0 Å². The first-order valence-corrected chi connectivity index (χ1v) is 9.14. The fourth-order valence-corrected chi connectivity index (χ4v) is 5.17. The molecule has 1 N–H and O–H groups in total. The van der Waals surface area contributed by atoms with E-state index in [0.717, 1.165) is 12.1 Å². The van der Waals surface area contributed by atoms with Gasteiger partial charge in [0.05, 0.1) is 5.56 Å². The minimum Gasteiger partial charge on any atom is -0.311 e. The van der Waals surface area contributed by atoms with Crippen LogP contribution in [0.25, 0.3) is 0 Å². The SMILES string of the molecule is CC(C)C1C2CCC1c1c2cccc1N(C)C(=O)c1c[nH]nc1C(F)F. The number of benzene rings is 1. The first-order chi connectivity index (χ1) is 12.4. The Hall–Kier alpha value is -2.24. The monoisotopic (exact) mass is 359 g/mol. The van der Waals surface area contributed by atoms with Gasteiger partial charge < -0.3 is 4.90 Å². The third kappa shape index (κ3) is 2.38. The third-order valence-electron chi connectivity index (χ3n) is 6.15. The summed E-state index contributed by atoms with van der Waals surface area (Å²) in [5, 5.41) is 5.93. The molecule has 3 unspecified atom stereocenters. The molecule has 138 valence electrons. The Kier molecular flexibility index (Phi) is 4.09. The molecule has 2 aliphatic rings. The van der Waals surface area contributed by atoms with Crippen LogP contribution in [0.3, 0.4) is 0 Å². The zero-order valence-electron chi connectivity index (χ0n) is 15.2. The van der Waals surface area contributed by atoms with Crippen molar-refractivity contribution in [1.82, 2.24) is 10.2 Å². The van der Waals surface area contributed by atoms with Gasteiger partial charge in [-0.3, -0.25) is 9.89 Å². The molecular formula is C20H23F2N3O. The Morgan fingerprint density at radius 1 is 1.27 bits per heavy atom. The molecule has 6 heteroatoms. The molecule has 0 spiro atoms. The summed E-state index contributed by atoms with van der Waals surface area (Å²) in [6.45, 7) is 4.52. The highest BCUT2D eigenvalue weighted by atomic mass is 19.3. The molecule has 0 saturated heterocycles. The van der Waals surface area contributed by atoms with Gasteiger partial charge in [-0.1, -0.05) is 26.0 Å². The van der Waals surface area contributed by atoms with Gasteiger partial charge in [0.2, 0.25) is 0 Å². The number of anilines is 1. The molecular weight excluding hydrogens is 336 g/mol. The summed E-state index contributed by atoms with van der Waals surface area (Å²) < 4.78 is 26.2. The van der Waals surface area contributed by atoms with Gasteiger partial charge in [0.25, 0.3) is 12.3 Å². The summed E-state index contributed by atoms with van der Waals surface area (Å²) in [6.07, 6.45) is 0.801. The number of nitrogens with zero attached hydrogens (tertiary/aromatic N) is 2. The lowest BCUT2D eigenvalue weighted by Gasteiger charge is -2.25. The summed E-state index contributed by atoms with van der Waals surface area (Å²) in [7, 11) is 1.66. The predicted molar refractivity (Wildman–Crippen MR) is 95.8 cm³/mol. The van der Waals surface area contributed by atoms with Crippen LogP contribution in [0.4, 0.5) is 14.5 Å². The van der Waals surface area contributed by atoms with E-state index < -0.39 is 18.0 Å². The molecule has 4 nitrogen and oxygen atoms in total. The normalized spacial score (nSPS) is 23.7. The zero-order chi connectivity index (χ0) is 18.6. The average molecular weight is 359 g/mol. The molecule has 1 aromatic heterocycles. The van der Waals surface area contributed by atoms with Crippen molar-refractivity contribution in [3.8, 4) is 0 Å². The van der Waals surface area contributed by atoms with E-state index in [2.05, 4.69) is 30.1 Å². The van der Waals surface area contributed by atoms with E-state index >= 15 is 0 Å². The van der Waals surface area contributed by atoms with Crippen LogP contribution in [0.2, 0.25) is 0 Å². The summed E-state index contributed by atoms with van der Waals surface area (Å²) in [4.78, 5) is 14.4. The van der Waals surface area contributed by atoms with Gasteiger partial charge in [-0.15, -0.1) is 0 Å².